The predicted octanol–water partition coefficient (Wildman–Crippen LogP) is 4.44. The molecular formula is C17H16N. The van der Waals surface area contributed by atoms with Crippen molar-refractivity contribution in [3.8, 4) is 0 Å². The molecule has 1 N–H and O–H groups in total. The first-order valence-corrected chi connectivity index (χ1v) is 6.21. The fourth-order valence-corrected chi connectivity index (χ4v) is 2.36. The Kier molecular flexibility index (Phi) is 2.67. The Morgan fingerprint density at radius 2 is 1.72 bits per heavy atom. The van der Waals surface area contributed by atoms with E-state index in [0.717, 1.165) is 0 Å². The van der Waals surface area contributed by atoms with Crippen molar-refractivity contribution >= 4 is 10.9 Å². The van der Waals surface area contributed by atoms with Gasteiger partial charge in [-0.05, 0) is 31.0 Å². The van der Waals surface area contributed by atoms with E-state index >= 15 is 0 Å². The number of hydrogen-bond acceptors (Lipinski definition) is 0. The third-order valence-electron chi connectivity index (χ3n) is 3.48. The third kappa shape index (κ3) is 1.82. The number of benzene rings is 2. The van der Waals surface area contributed by atoms with E-state index in [-0.39, 0.29) is 5.92 Å². The van der Waals surface area contributed by atoms with Gasteiger partial charge in [-0.2, -0.15) is 0 Å². The molecule has 0 bridgehead atoms. The van der Waals surface area contributed by atoms with Gasteiger partial charge < -0.3 is 4.98 Å². The van der Waals surface area contributed by atoms with Gasteiger partial charge in [0.25, 0.3) is 0 Å². The first-order valence-electron chi connectivity index (χ1n) is 6.21. The molecule has 1 nitrogen and oxygen atoms in total. The van der Waals surface area contributed by atoms with Crippen LogP contribution in [0.3, 0.4) is 0 Å². The number of para-hydroxylation sites is 1. The minimum atomic E-state index is 0.168. The summed E-state index contributed by atoms with van der Waals surface area (Å²) in [5, 5.41) is 1.26. The fraction of sp³-hybridized carbons (Fsp3) is 0.118. The number of nitrogens with one attached hydrogen (secondary N) is 1. The van der Waals surface area contributed by atoms with Crippen molar-refractivity contribution in [3.05, 3.63) is 78.3 Å². The van der Waals surface area contributed by atoms with E-state index in [1.807, 2.05) is 6.07 Å². The summed E-state index contributed by atoms with van der Waals surface area (Å²) in [6.07, 6.45) is 2.07. The lowest BCUT2D eigenvalue weighted by Crippen LogP contribution is -1.95. The van der Waals surface area contributed by atoms with Crippen molar-refractivity contribution in [1.82, 2.24) is 4.98 Å². The molecule has 18 heavy (non-hydrogen) atoms. The molecule has 0 saturated carbocycles. The van der Waals surface area contributed by atoms with E-state index < -0.39 is 0 Å². The Morgan fingerprint density at radius 1 is 1.00 bits per heavy atom. The molecule has 1 unspecified atom stereocenters. The Balaban J connectivity index is 2.06. The largest absolute Gasteiger partial charge is 0.361 e. The zero-order valence-corrected chi connectivity index (χ0v) is 10.5. The first kappa shape index (κ1) is 11.1. The molecule has 1 atom stereocenters. The molecule has 0 aliphatic rings. The molecule has 0 aliphatic heterocycles. The molecule has 89 valence electrons. The van der Waals surface area contributed by atoms with Crippen molar-refractivity contribution < 1.29 is 0 Å². The van der Waals surface area contributed by atoms with E-state index in [1.54, 1.807) is 0 Å². The summed E-state index contributed by atoms with van der Waals surface area (Å²) in [6.45, 7) is 6.42. The number of aromatic nitrogens is 1. The molecule has 3 aromatic rings. The van der Waals surface area contributed by atoms with E-state index in [0.29, 0.717) is 0 Å². The van der Waals surface area contributed by atoms with Gasteiger partial charge in [0.05, 0.1) is 0 Å². The van der Waals surface area contributed by atoms with Gasteiger partial charge in [-0.25, -0.2) is 0 Å². The second-order valence-electron chi connectivity index (χ2n) is 4.75. The maximum Gasteiger partial charge on any atom is 0.0457 e. The average molecular weight is 234 g/mol. The molecule has 3 rings (SSSR count). The van der Waals surface area contributed by atoms with E-state index in [1.165, 1.54) is 27.6 Å². The lowest BCUT2D eigenvalue weighted by atomic mass is 9.92. The minimum Gasteiger partial charge on any atom is -0.361 e. The van der Waals surface area contributed by atoms with Gasteiger partial charge in [0.1, 0.15) is 0 Å². The van der Waals surface area contributed by atoms with Crippen molar-refractivity contribution in [2.45, 2.75) is 12.8 Å². The van der Waals surface area contributed by atoms with Crippen LogP contribution in [-0.4, -0.2) is 4.98 Å². The number of fused-ring (bicyclic) bond motifs is 1. The van der Waals surface area contributed by atoms with Gasteiger partial charge in [-0.1, -0.05) is 48.0 Å². The summed E-state index contributed by atoms with van der Waals surface area (Å²) in [5.74, 6) is 0.168. The molecule has 2 aromatic carbocycles. The second-order valence-corrected chi connectivity index (χ2v) is 4.75. The van der Waals surface area contributed by atoms with Gasteiger partial charge in [-0.3, -0.25) is 0 Å². The van der Waals surface area contributed by atoms with Crippen LogP contribution in [0.25, 0.3) is 10.9 Å². The maximum atomic E-state index is 4.31. The van der Waals surface area contributed by atoms with Crippen molar-refractivity contribution in [2.24, 2.45) is 0 Å². The zero-order chi connectivity index (χ0) is 12.5. The Bertz CT molecular complexity index is 661. The summed E-state index contributed by atoms with van der Waals surface area (Å²) >= 11 is 0. The molecule has 0 spiro atoms. The third-order valence-corrected chi connectivity index (χ3v) is 3.48. The van der Waals surface area contributed by atoms with Crippen molar-refractivity contribution in [1.29, 1.82) is 0 Å². The normalized spacial score (nSPS) is 12.8. The molecule has 1 heterocycles. The van der Waals surface area contributed by atoms with Crippen LogP contribution < -0.4 is 0 Å². The Morgan fingerprint density at radius 3 is 2.50 bits per heavy atom. The Labute approximate surface area is 107 Å². The lowest BCUT2D eigenvalue weighted by molar-refractivity contribution is 1.03. The molecule has 1 radical (unpaired) electrons. The summed E-state index contributed by atoms with van der Waals surface area (Å²) in [5.41, 5.74) is 4.97. The van der Waals surface area contributed by atoms with Crippen LogP contribution >= 0.6 is 0 Å². The minimum absolute atomic E-state index is 0.168. The molecule has 1 heteroatoms. The SMILES string of the molecule is [CH2]C(c1ccc(C)cc1)c1c[nH]c2ccccc12. The van der Waals surface area contributed by atoms with Crippen LogP contribution in [0.2, 0.25) is 0 Å². The number of hydrogen-bond donors (Lipinski definition) is 1. The maximum absolute atomic E-state index is 4.31. The summed E-state index contributed by atoms with van der Waals surface area (Å²) in [4.78, 5) is 3.31. The van der Waals surface area contributed by atoms with Gasteiger partial charge in [0, 0.05) is 23.0 Å². The molecule has 0 aliphatic carbocycles. The molecule has 0 fully saturated rings. The fourth-order valence-electron chi connectivity index (χ4n) is 2.36. The van der Waals surface area contributed by atoms with E-state index in [4.69, 9.17) is 0 Å². The van der Waals surface area contributed by atoms with Gasteiger partial charge in [0.2, 0.25) is 0 Å². The van der Waals surface area contributed by atoms with Gasteiger partial charge in [-0.15, -0.1) is 0 Å². The lowest BCUT2D eigenvalue weighted by Gasteiger charge is -2.11. The number of aryl methyl sites for hydroxylation is 1. The molecule has 1 aromatic heterocycles. The van der Waals surface area contributed by atoms with Crippen LogP contribution in [0.1, 0.15) is 22.6 Å². The van der Waals surface area contributed by atoms with Crippen molar-refractivity contribution in [3.63, 3.8) is 0 Å². The highest BCUT2D eigenvalue weighted by Crippen LogP contribution is 2.30. The number of H-pyrrole nitrogens is 1. The van der Waals surface area contributed by atoms with Crippen LogP contribution in [-0.2, 0) is 0 Å². The smallest absolute Gasteiger partial charge is 0.0457 e. The van der Waals surface area contributed by atoms with Gasteiger partial charge >= 0.3 is 0 Å². The molecular weight excluding hydrogens is 218 g/mol. The van der Waals surface area contributed by atoms with Crippen LogP contribution in [0.15, 0.2) is 54.7 Å². The zero-order valence-electron chi connectivity index (χ0n) is 10.5. The van der Waals surface area contributed by atoms with Crippen LogP contribution in [0.4, 0.5) is 0 Å². The average Bonchev–Trinajstić information content (AvgIpc) is 2.82. The second kappa shape index (κ2) is 4.34. The van der Waals surface area contributed by atoms with Crippen LogP contribution in [0, 0.1) is 13.8 Å². The van der Waals surface area contributed by atoms with Crippen molar-refractivity contribution in [2.75, 3.05) is 0 Å². The monoisotopic (exact) mass is 234 g/mol. The highest BCUT2D eigenvalue weighted by molar-refractivity contribution is 5.84. The standard InChI is InChI=1S/C17H16N/c1-12-7-9-14(10-8-12)13(2)16-11-18-17-6-4-3-5-15(16)17/h3-11,13,18H,2H2,1H3. The van der Waals surface area contributed by atoms with E-state index in [9.17, 15) is 0 Å². The van der Waals surface area contributed by atoms with Crippen LogP contribution in [0.5, 0.6) is 0 Å². The highest BCUT2D eigenvalue weighted by atomic mass is 14.7. The highest BCUT2D eigenvalue weighted by Gasteiger charge is 2.12. The summed E-state index contributed by atoms with van der Waals surface area (Å²) < 4.78 is 0. The van der Waals surface area contributed by atoms with E-state index in [2.05, 4.69) is 67.5 Å². The summed E-state index contributed by atoms with van der Waals surface area (Å²) in [7, 11) is 0. The number of aromatic amines is 1. The Hall–Kier alpha value is -2.02. The van der Waals surface area contributed by atoms with Gasteiger partial charge in [0.15, 0.2) is 0 Å². The molecule has 0 amide bonds. The summed E-state index contributed by atoms with van der Waals surface area (Å²) in [6, 6.07) is 17.0. The first-order chi connectivity index (χ1) is 8.75. The predicted molar refractivity (Wildman–Crippen MR) is 76.7 cm³/mol. The topological polar surface area (TPSA) is 15.8 Å². The number of rotatable bonds is 2. The quantitative estimate of drug-likeness (QED) is 0.674. The molecule has 0 saturated heterocycles.